The summed E-state index contributed by atoms with van der Waals surface area (Å²) in [7, 11) is 0. The van der Waals surface area contributed by atoms with Crippen molar-refractivity contribution in [3.05, 3.63) is 89.1 Å². The lowest BCUT2D eigenvalue weighted by Gasteiger charge is -2.26. The highest BCUT2D eigenvalue weighted by Gasteiger charge is 2.46. The molecule has 0 aliphatic heterocycles. The molecule has 2 aromatic heterocycles. The van der Waals surface area contributed by atoms with Gasteiger partial charge in [0.1, 0.15) is 18.2 Å². The number of aromatic nitrogens is 3. The lowest BCUT2D eigenvalue weighted by molar-refractivity contribution is -0.261. The first kappa shape index (κ1) is 24.2. The Morgan fingerprint density at radius 3 is 2.34 bits per heavy atom. The number of hydrogen-bond donors (Lipinski definition) is 2. The predicted octanol–water partition coefficient (Wildman–Crippen LogP) is 3.51. The second-order valence-corrected chi connectivity index (χ2v) is 7.61. The number of ether oxygens (including phenoxy) is 1. The molecular weight excluding hydrogens is 477 g/mol. The molecule has 0 saturated heterocycles. The molecule has 7 nitrogen and oxygen atoms in total. The highest BCUT2D eigenvalue weighted by molar-refractivity contribution is 5.76. The lowest BCUT2D eigenvalue weighted by Crippen LogP contribution is -2.40. The van der Waals surface area contributed by atoms with Gasteiger partial charge in [-0.3, -0.25) is 4.40 Å². The van der Waals surface area contributed by atoms with Crippen LogP contribution in [0.2, 0.25) is 0 Å². The van der Waals surface area contributed by atoms with Crippen LogP contribution in [0.15, 0.2) is 60.8 Å². The van der Waals surface area contributed by atoms with Gasteiger partial charge in [-0.25, -0.2) is 13.6 Å². The van der Waals surface area contributed by atoms with Crippen LogP contribution in [0.25, 0.3) is 17.0 Å². The van der Waals surface area contributed by atoms with Crippen LogP contribution < -0.4 is 0 Å². The van der Waals surface area contributed by atoms with E-state index in [1.807, 2.05) is 0 Å². The molecule has 0 aliphatic carbocycles. The summed E-state index contributed by atoms with van der Waals surface area (Å²) in [5.41, 5.74) is 1.51. The first-order valence-electron chi connectivity index (χ1n) is 10.0. The molecule has 2 N–H and O–H groups in total. The number of fused-ring (bicyclic) bond motifs is 1. The Kier molecular flexibility index (Phi) is 6.26. The molecule has 0 saturated carbocycles. The van der Waals surface area contributed by atoms with Crippen LogP contribution >= 0.6 is 0 Å². The summed E-state index contributed by atoms with van der Waals surface area (Å²) in [4.78, 5) is 11.1. The number of esters is 1. The topological polar surface area (TPSA) is 97.0 Å². The molecular formula is C23H16F5N3O4. The van der Waals surface area contributed by atoms with Crippen LogP contribution in [0.5, 0.6) is 0 Å². The van der Waals surface area contributed by atoms with Crippen LogP contribution in [0.4, 0.5) is 22.0 Å². The van der Waals surface area contributed by atoms with E-state index in [2.05, 4.69) is 14.9 Å². The normalized spacial score (nSPS) is 13.6. The van der Waals surface area contributed by atoms with Gasteiger partial charge in [0.2, 0.25) is 0 Å². The van der Waals surface area contributed by atoms with Crippen molar-refractivity contribution in [2.45, 2.75) is 18.4 Å². The number of halogens is 5. The molecule has 4 rings (SSSR count). The molecule has 0 radical (unpaired) electrons. The van der Waals surface area contributed by atoms with Gasteiger partial charge < -0.3 is 14.9 Å². The Bertz CT molecular complexity index is 1390. The lowest BCUT2D eigenvalue weighted by atomic mass is 10.0. The number of hydrogen-bond acceptors (Lipinski definition) is 6. The van der Waals surface area contributed by atoms with E-state index in [0.717, 1.165) is 24.3 Å². The van der Waals surface area contributed by atoms with Gasteiger partial charge in [-0.2, -0.15) is 13.2 Å². The van der Waals surface area contributed by atoms with Crippen molar-refractivity contribution in [3.8, 4) is 11.4 Å². The third kappa shape index (κ3) is 4.98. The maximum atomic E-state index is 14.0. The largest absolute Gasteiger partial charge is 0.491 e. The quantitative estimate of drug-likeness (QED) is 0.243. The Balaban J connectivity index is 1.63. The molecule has 0 fully saturated rings. The van der Waals surface area contributed by atoms with Crippen molar-refractivity contribution in [2.75, 3.05) is 6.61 Å². The SMILES string of the molecule is O=C(OC(O)(CO)c1ccc(-c2nnc3ccc(Cc4ccc(F)cc4F)cn23)cc1)C(F)(F)F. The van der Waals surface area contributed by atoms with Crippen molar-refractivity contribution < 1.29 is 41.7 Å². The molecule has 0 amide bonds. The molecule has 1 atom stereocenters. The van der Waals surface area contributed by atoms with E-state index in [4.69, 9.17) is 0 Å². The van der Waals surface area contributed by atoms with Crippen LogP contribution in [-0.2, 0) is 21.7 Å². The number of alkyl halides is 3. The number of aliphatic hydroxyl groups is 2. The minimum Gasteiger partial charge on any atom is -0.419 e. The Morgan fingerprint density at radius 1 is 1.00 bits per heavy atom. The van der Waals surface area contributed by atoms with Crippen LogP contribution in [0.1, 0.15) is 16.7 Å². The Morgan fingerprint density at radius 2 is 1.71 bits per heavy atom. The summed E-state index contributed by atoms with van der Waals surface area (Å²) >= 11 is 0. The highest BCUT2D eigenvalue weighted by Crippen LogP contribution is 2.29. The summed E-state index contributed by atoms with van der Waals surface area (Å²) in [6.07, 6.45) is -3.55. The number of nitrogens with zero attached hydrogens (tertiary/aromatic N) is 3. The average Bonchev–Trinajstić information content (AvgIpc) is 3.23. The van der Waals surface area contributed by atoms with Gasteiger partial charge >= 0.3 is 12.1 Å². The molecule has 0 bridgehead atoms. The van der Waals surface area contributed by atoms with E-state index < -0.39 is 36.2 Å². The molecule has 12 heteroatoms. The molecule has 1 unspecified atom stereocenters. The van der Waals surface area contributed by atoms with E-state index >= 15 is 0 Å². The summed E-state index contributed by atoms with van der Waals surface area (Å²) in [5, 5.41) is 27.7. The van der Waals surface area contributed by atoms with Gasteiger partial charge in [0, 0.05) is 29.8 Å². The first-order valence-corrected chi connectivity index (χ1v) is 10.0. The average molecular weight is 493 g/mol. The maximum Gasteiger partial charge on any atom is 0.491 e. The van der Waals surface area contributed by atoms with Crippen molar-refractivity contribution >= 4 is 11.6 Å². The second-order valence-electron chi connectivity index (χ2n) is 7.61. The predicted molar refractivity (Wildman–Crippen MR) is 111 cm³/mol. The summed E-state index contributed by atoms with van der Waals surface area (Å²) in [6.45, 7) is -1.31. The van der Waals surface area contributed by atoms with E-state index in [9.17, 15) is 37.0 Å². The molecule has 0 spiro atoms. The smallest absolute Gasteiger partial charge is 0.419 e. The fourth-order valence-corrected chi connectivity index (χ4v) is 3.39. The molecule has 2 heterocycles. The molecule has 182 valence electrons. The van der Waals surface area contributed by atoms with Gasteiger partial charge in [0.15, 0.2) is 11.5 Å². The summed E-state index contributed by atoms with van der Waals surface area (Å²) < 4.78 is 70.4. The molecule has 4 aromatic rings. The Hall–Kier alpha value is -3.90. The minimum atomic E-state index is -5.36. The Labute approximate surface area is 194 Å². The highest BCUT2D eigenvalue weighted by atomic mass is 19.4. The van der Waals surface area contributed by atoms with E-state index in [0.29, 0.717) is 22.6 Å². The van der Waals surface area contributed by atoms with Crippen molar-refractivity contribution in [2.24, 2.45) is 0 Å². The second kappa shape index (κ2) is 9.04. The van der Waals surface area contributed by atoms with Crippen molar-refractivity contribution in [1.82, 2.24) is 14.6 Å². The summed E-state index contributed by atoms with van der Waals surface area (Å²) in [5.74, 6) is -6.64. The molecule has 0 aliphatic rings. The van der Waals surface area contributed by atoms with Gasteiger partial charge in [-0.05, 0) is 23.3 Å². The van der Waals surface area contributed by atoms with Crippen LogP contribution in [0, 0.1) is 11.6 Å². The van der Waals surface area contributed by atoms with Crippen LogP contribution in [-0.4, -0.2) is 43.6 Å². The van der Waals surface area contributed by atoms with E-state index in [-0.39, 0.29) is 17.5 Å². The first-order chi connectivity index (χ1) is 16.5. The van der Waals surface area contributed by atoms with Gasteiger partial charge in [0.05, 0.1) is 0 Å². The zero-order valence-corrected chi connectivity index (χ0v) is 17.6. The monoisotopic (exact) mass is 493 g/mol. The number of carbonyl (C=O) groups excluding carboxylic acids is 1. The molecule has 35 heavy (non-hydrogen) atoms. The minimum absolute atomic E-state index is 0.159. The number of aliphatic hydroxyl groups excluding tert-OH is 1. The molecule has 2 aromatic carbocycles. The number of benzene rings is 2. The zero-order chi connectivity index (χ0) is 25.4. The third-order valence-corrected chi connectivity index (χ3v) is 5.17. The van der Waals surface area contributed by atoms with E-state index in [1.165, 1.54) is 18.2 Å². The van der Waals surface area contributed by atoms with Gasteiger partial charge in [-0.15, -0.1) is 10.2 Å². The number of pyridine rings is 1. The van der Waals surface area contributed by atoms with Crippen LogP contribution in [0.3, 0.4) is 0 Å². The van der Waals surface area contributed by atoms with E-state index in [1.54, 1.807) is 22.7 Å². The van der Waals surface area contributed by atoms with Gasteiger partial charge in [-0.1, -0.05) is 36.4 Å². The third-order valence-electron chi connectivity index (χ3n) is 5.17. The fraction of sp³-hybridized carbons (Fsp3) is 0.174. The zero-order valence-electron chi connectivity index (χ0n) is 17.6. The standard InChI is InChI=1S/C23H16F5N3O4/c24-17-7-4-15(18(25)10-17)9-13-1-8-19-29-30-20(31(19)11-13)14-2-5-16(6-3-14)22(34,12-32)35-21(33)23(26,27)28/h1-8,10-11,32,34H,9,12H2. The number of rotatable bonds is 6. The van der Waals surface area contributed by atoms with Crippen molar-refractivity contribution in [3.63, 3.8) is 0 Å². The van der Waals surface area contributed by atoms with Crippen molar-refractivity contribution in [1.29, 1.82) is 0 Å². The van der Waals surface area contributed by atoms with Gasteiger partial charge in [0.25, 0.3) is 5.79 Å². The maximum absolute atomic E-state index is 14.0. The number of carbonyl (C=O) groups is 1. The fourth-order valence-electron chi connectivity index (χ4n) is 3.39. The summed E-state index contributed by atoms with van der Waals surface area (Å²) in [6, 6.07) is 11.7.